The Morgan fingerprint density at radius 1 is 1.25 bits per heavy atom. The number of amides is 1. The summed E-state index contributed by atoms with van der Waals surface area (Å²) >= 11 is 1.37. The summed E-state index contributed by atoms with van der Waals surface area (Å²) in [5.41, 5.74) is 0.111. The van der Waals surface area contributed by atoms with Crippen LogP contribution in [0, 0.1) is 0 Å². The second-order valence-electron chi connectivity index (χ2n) is 6.33. The highest BCUT2D eigenvalue weighted by molar-refractivity contribution is 7.99. The Morgan fingerprint density at radius 3 is 2.71 bits per heavy atom. The molecule has 3 aromatic rings. The Kier molecular flexibility index (Phi) is 5.93. The van der Waals surface area contributed by atoms with Crippen molar-refractivity contribution in [1.29, 1.82) is 0 Å². The first-order chi connectivity index (χ1) is 13.3. The minimum Gasteiger partial charge on any atom is -0.324 e. The topological polar surface area (TPSA) is 59.8 Å². The van der Waals surface area contributed by atoms with E-state index < -0.39 is 17.6 Å². The summed E-state index contributed by atoms with van der Waals surface area (Å²) in [4.78, 5) is 12.9. The first-order valence-electron chi connectivity index (χ1n) is 8.74. The molecule has 0 radical (unpaired) electrons. The molecule has 0 aliphatic heterocycles. The number of fused-ring (bicyclic) bond motifs is 1. The van der Waals surface area contributed by atoms with Gasteiger partial charge in [0.25, 0.3) is 0 Å². The molecule has 9 heteroatoms. The zero-order chi connectivity index (χ0) is 20.3. The monoisotopic (exact) mass is 408 g/mol. The van der Waals surface area contributed by atoms with Crippen LogP contribution < -0.4 is 5.32 Å². The molecule has 1 aromatic heterocycles. The van der Waals surface area contributed by atoms with Gasteiger partial charge in [0, 0.05) is 10.1 Å². The molecule has 1 amide bonds. The summed E-state index contributed by atoms with van der Waals surface area (Å²) in [5, 5.41) is 10.4. The molecule has 2 aromatic carbocycles. The van der Waals surface area contributed by atoms with E-state index >= 15 is 0 Å². The Bertz CT molecular complexity index is 987. The summed E-state index contributed by atoms with van der Waals surface area (Å²) in [6.07, 6.45) is -3.73. The maximum atomic E-state index is 13.5. The summed E-state index contributed by atoms with van der Waals surface area (Å²) in [6, 6.07) is 11.0. The molecular formula is C19H19F3N4OS. The van der Waals surface area contributed by atoms with Gasteiger partial charge in [-0.3, -0.25) is 4.79 Å². The lowest BCUT2D eigenvalue weighted by Crippen LogP contribution is -2.21. The van der Waals surface area contributed by atoms with E-state index in [1.54, 1.807) is 30.3 Å². The van der Waals surface area contributed by atoms with Crippen LogP contribution >= 0.6 is 11.8 Å². The van der Waals surface area contributed by atoms with Crippen LogP contribution in [-0.4, -0.2) is 26.2 Å². The number of halogens is 3. The third-order valence-electron chi connectivity index (χ3n) is 4.20. The number of hydrogen-bond donors (Lipinski definition) is 1. The minimum atomic E-state index is -4.57. The molecule has 28 heavy (non-hydrogen) atoms. The largest absolute Gasteiger partial charge is 0.418 e. The van der Waals surface area contributed by atoms with Crippen LogP contribution in [0.25, 0.3) is 11.0 Å². The number of carbonyl (C=O) groups is 1. The lowest BCUT2D eigenvalue weighted by molar-refractivity contribution is -0.137. The van der Waals surface area contributed by atoms with Crippen molar-refractivity contribution in [3.63, 3.8) is 0 Å². The number of nitrogens with zero attached hydrogens (tertiary/aromatic N) is 3. The van der Waals surface area contributed by atoms with E-state index in [-0.39, 0.29) is 17.5 Å². The van der Waals surface area contributed by atoms with Gasteiger partial charge in [0.05, 0.1) is 16.8 Å². The standard InChI is InChI=1S/C19H19F3N4OS/c1-3-12(2)28-13-8-9-15(14(10-13)19(20,21)22)23-18(27)11-26-17-7-5-4-6-16(17)24-25-26/h4-10,12H,3,11H2,1-2H3,(H,23,27). The molecule has 0 aliphatic carbocycles. The summed E-state index contributed by atoms with van der Waals surface area (Å²) in [6.45, 7) is 3.70. The summed E-state index contributed by atoms with van der Waals surface area (Å²) in [5.74, 6) is -0.608. The first kappa shape index (κ1) is 20.2. The number of alkyl halides is 3. The second-order valence-corrected chi connectivity index (χ2v) is 7.84. The molecular weight excluding hydrogens is 389 g/mol. The second kappa shape index (κ2) is 8.22. The van der Waals surface area contributed by atoms with Crippen molar-refractivity contribution in [2.45, 2.75) is 43.1 Å². The number of nitrogens with one attached hydrogen (secondary N) is 1. The lowest BCUT2D eigenvalue weighted by Gasteiger charge is -2.16. The third kappa shape index (κ3) is 4.64. The molecule has 0 saturated carbocycles. The predicted octanol–water partition coefficient (Wildman–Crippen LogP) is 4.98. The van der Waals surface area contributed by atoms with Crippen molar-refractivity contribution in [2.24, 2.45) is 0 Å². The fraction of sp³-hybridized carbons (Fsp3) is 0.316. The Hall–Kier alpha value is -2.55. The van der Waals surface area contributed by atoms with E-state index in [0.717, 1.165) is 12.5 Å². The van der Waals surface area contributed by atoms with Crippen molar-refractivity contribution in [1.82, 2.24) is 15.0 Å². The zero-order valence-electron chi connectivity index (χ0n) is 15.3. The van der Waals surface area contributed by atoms with Crippen LogP contribution in [0.5, 0.6) is 0 Å². The van der Waals surface area contributed by atoms with Crippen LogP contribution in [0.4, 0.5) is 18.9 Å². The van der Waals surface area contributed by atoms with Gasteiger partial charge in [0.2, 0.25) is 5.91 Å². The van der Waals surface area contributed by atoms with Gasteiger partial charge in [-0.2, -0.15) is 13.2 Å². The minimum absolute atomic E-state index is 0.196. The van der Waals surface area contributed by atoms with Gasteiger partial charge in [0.15, 0.2) is 0 Å². The number of anilines is 1. The number of rotatable bonds is 6. The maximum absolute atomic E-state index is 13.5. The van der Waals surface area contributed by atoms with Gasteiger partial charge in [0.1, 0.15) is 12.1 Å². The van der Waals surface area contributed by atoms with E-state index in [0.29, 0.717) is 15.9 Å². The molecule has 0 spiro atoms. The third-order valence-corrected chi connectivity index (χ3v) is 5.46. The molecule has 1 N–H and O–H groups in total. The number of para-hydroxylation sites is 1. The SMILES string of the molecule is CCC(C)Sc1ccc(NC(=O)Cn2nnc3ccccc32)c(C(F)(F)F)c1. The van der Waals surface area contributed by atoms with Crippen LogP contribution in [0.2, 0.25) is 0 Å². The Balaban J connectivity index is 1.81. The van der Waals surface area contributed by atoms with E-state index in [1.165, 1.54) is 22.5 Å². The molecule has 0 aliphatic rings. The number of thioether (sulfide) groups is 1. The molecule has 148 valence electrons. The molecule has 0 fully saturated rings. The van der Waals surface area contributed by atoms with Crippen LogP contribution in [0.3, 0.4) is 0 Å². The van der Waals surface area contributed by atoms with Crippen molar-refractivity contribution in [2.75, 3.05) is 5.32 Å². The van der Waals surface area contributed by atoms with E-state index in [2.05, 4.69) is 15.6 Å². The Labute approximate surface area is 164 Å². The number of benzene rings is 2. The molecule has 1 atom stereocenters. The van der Waals surface area contributed by atoms with E-state index in [4.69, 9.17) is 0 Å². The highest BCUT2D eigenvalue weighted by Crippen LogP contribution is 2.38. The van der Waals surface area contributed by atoms with Gasteiger partial charge in [-0.25, -0.2) is 4.68 Å². The smallest absolute Gasteiger partial charge is 0.324 e. The van der Waals surface area contributed by atoms with Gasteiger partial charge in [-0.15, -0.1) is 16.9 Å². The molecule has 0 bridgehead atoms. The van der Waals surface area contributed by atoms with Gasteiger partial charge in [-0.1, -0.05) is 31.2 Å². The van der Waals surface area contributed by atoms with Gasteiger partial charge < -0.3 is 5.32 Å². The average molecular weight is 408 g/mol. The zero-order valence-corrected chi connectivity index (χ0v) is 16.1. The number of aromatic nitrogens is 3. The lowest BCUT2D eigenvalue weighted by atomic mass is 10.1. The average Bonchev–Trinajstić information content (AvgIpc) is 3.05. The fourth-order valence-corrected chi connectivity index (χ4v) is 3.58. The summed E-state index contributed by atoms with van der Waals surface area (Å²) < 4.78 is 41.8. The maximum Gasteiger partial charge on any atom is 0.418 e. The van der Waals surface area contributed by atoms with E-state index in [9.17, 15) is 18.0 Å². The van der Waals surface area contributed by atoms with Gasteiger partial charge in [-0.05, 0) is 36.8 Å². The molecule has 5 nitrogen and oxygen atoms in total. The van der Waals surface area contributed by atoms with Crippen LogP contribution in [0.1, 0.15) is 25.8 Å². The molecule has 3 rings (SSSR count). The molecule has 1 unspecified atom stereocenters. The van der Waals surface area contributed by atoms with Crippen molar-refractivity contribution in [3.8, 4) is 0 Å². The van der Waals surface area contributed by atoms with Crippen LogP contribution in [-0.2, 0) is 17.5 Å². The highest BCUT2D eigenvalue weighted by Gasteiger charge is 2.34. The van der Waals surface area contributed by atoms with Crippen molar-refractivity contribution >= 4 is 34.4 Å². The van der Waals surface area contributed by atoms with Gasteiger partial charge >= 0.3 is 6.18 Å². The first-order valence-corrected chi connectivity index (χ1v) is 9.62. The highest BCUT2D eigenvalue weighted by atomic mass is 32.2. The van der Waals surface area contributed by atoms with E-state index in [1.807, 2.05) is 13.8 Å². The predicted molar refractivity (Wildman–Crippen MR) is 103 cm³/mol. The molecule has 0 saturated heterocycles. The quantitative estimate of drug-likeness (QED) is 0.585. The summed E-state index contributed by atoms with van der Waals surface area (Å²) in [7, 11) is 0. The fourth-order valence-electron chi connectivity index (χ4n) is 2.62. The van der Waals surface area contributed by atoms with Crippen molar-refractivity contribution < 1.29 is 18.0 Å². The van der Waals surface area contributed by atoms with Crippen LogP contribution in [0.15, 0.2) is 47.4 Å². The Morgan fingerprint density at radius 2 is 2.00 bits per heavy atom. The molecule has 1 heterocycles. The van der Waals surface area contributed by atoms with Crippen molar-refractivity contribution in [3.05, 3.63) is 48.0 Å². The normalized spacial score (nSPS) is 12.9. The number of hydrogen-bond acceptors (Lipinski definition) is 4. The number of carbonyl (C=O) groups excluding carboxylic acids is 1.